The van der Waals surface area contributed by atoms with Gasteiger partial charge in [-0.3, -0.25) is 4.39 Å². The van der Waals surface area contributed by atoms with Gasteiger partial charge in [0.25, 0.3) is 0 Å². The van der Waals surface area contributed by atoms with Crippen molar-refractivity contribution >= 4 is 0 Å². The van der Waals surface area contributed by atoms with Gasteiger partial charge in [-0.15, -0.1) is 0 Å². The van der Waals surface area contributed by atoms with E-state index in [9.17, 15) is 4.39 Å². The average Bonchev–Trinajstić information content (AvgIpc) is 2.58. The lowest BCUT2D eigenvalue weighted by molar-refractivity contribution is 0.374. The zero-order valence-corrected chi connectivity index (χ0v) is 8.76. The summed E-state index contributed by atoms with van der Waals surface area (Å²) in [6.07, 6.45) is 6.06. The molecule has 3 heteroatoms. The van der Waals surface area contributed by atoms with Crippen LogP contribution in [0.15, 0.2) is 10.6 Å². The van der Waals surface area contributed by atoms with Crippen LogP contribution in [0, 0.1) is 6.92 Å². The molecule has 0 fully saturated rings. The highest BCUT2D eigenvalue weighted by Crippen LogP contribution is 2.09. The van der Waals surface area contributed by atoms with Crippen molar-refractivity contribution in [2.75, 3.05) is 6.67 Å². The Kier molecular flexibility index (Phi) is 5.27. The van der Waals surface area contributed by atoms with Crippen LogP contribution in [0.5, 0.6) is 0 Å². The third kappa shape index (κ3) is 4.40. The van der Waals surface area contributed by atoms with E-state index >= 15 is 0 Å². The SMILES string of the molecule is Cc1cc(CCCCCCCF)on1. The molecule has 0 bridgehead atoms. The van der Waals surface area contributed by atoms with Crippen molar-refractivity contribution in [3.63, 3.8) is 0 Å². The van der Waals surface area contributed by atoms with E-state index in [4.69, 9.17) is 4.52 Å². The second kappa shape index (κ2) is 6.57. The summed E-state index contributed by atoms with van der Waals surface area (Å²) >= 11 is 0. The van der Waals surface area contributed by atoms with Crippen LogP contribution in [0.2, 0.25) is 0 Å². The van der Waals surface area contributed by atoms with Crippen molar-refractivity contribution in [3.8, 4) is 0 Å². The Morgan fingerprint density at radius 1 is 1.21 bits per heavy atom. The number of hydrogen-bond acceptors (Lipinski definition) is 2. The maximum Gasteiger partial charge on any atom is 0.136 e. The highest BCUT2D eigenvalue weighted by molar-refractivity contribution is 5.02. The van der Waals surface area contributed by atoms with Crippen LogP contribution in [-0.4, -0.2) is 11.8 Å². The third-order valence-corrected chi connectivity index (χ3v) is 2.23. The van der Waals surface area contributed by atoms with Crippen LogP contribution in [-0.2, 0) is 6.42 Å². The van der Waals surface area contributed by atoms with Crippen LogP contribution in [0.25, 0.3) is 0 Å². The van der Waals surface area contributed by atoms with Gasteiger partial charge in [-0.05, 0) is 19.8 Å². The van der Waals surface area contributed by atoms with E-state index in [0.717, 1.165) is 43.6 Å². The molecule has 0 aliphatic carbocycles. The van der Waals surface area contributed by atoms with Gasteiger partial charge in [0.1, 0.15) is 5.76 Å². The van der Waals surface area contributed by atoms with Gasteiger partial charge in [-0.1, -0.05) is 24.4 Å². The number of aromatic nitrogens is 1. The van der Waals surface area contributed by atoms with Gasteiger partial charge in [-0.2, -0.15) is 0 Å². The van der Waals surface area contributed by atoms with E-state index in [-0.39, 0.29) is 6.67 Å². The van der Waals surface area contributed by atoms with Crippen LogP contribution in [0.3, 0.4) is 0 Å². The molecule has 1 rings (SSSR count). The molecule has 0 amide bonds. The summed E-state index contributed by atoms with van der Waals surface area (Å²) in [6, 6.07) is 1.97. The van der Waals surface area contributed by atoms with Gasteiger partial charge in [0.2, 0.25) is 0 Å². The molecule has 0 N–H and O–H groups in total. The zero-order valence-electron chi connectivity index (χ0n) is 8.76. The minimum atomic E-state index is -0.179. The normalized spacial score (nSPS) is 10.7. The van der Waals surface area contributed by atoms with Crippen molar-refractivity contribution in [1.82, 2.24) is 5.16 Å². The van der Waals surface area contributed by atoms with Gasteiger partial charge < -0.3 is 4.52 Å². The summed E-state index contributed by atoms with van der Waals surface area (Å²) in [4.78, 5) is 0. The Bertz CT molecular complexity index is 247. The van der Waals surface area contributed by atoms with Gasteiger partial charge >= 0.3 is 0 Å². The maximum atomic E-state index is 11.7. The zero-order chi connectivity index (χ0) is 10.2. The molecule has 2 nitrogen and oxygen atoms in total. The largest absolute Gasteiger partial charge is 0.361 e. The molecule has 1 aromatic heterocycles. The second-order valence-electron chi connectivity index (χ2n) is 3.64. The molecule has 0 aliphatic rings. The molecule has 0 aromatic carbocycles. The number of aryl methyl sites for hydroxylation is 2. The summed E-state index contributed by atoms with van der Waals surface area (Å²) in [7, 11) is 0. The van der Waals surface area contributed by atoms with Gasteiger partial charge in [0.15, 0.2) is 0 Å². The van der Waals surface area contributed by atoms with E-state index in [2.05, 4.69) is 5.16 Å². The second-order valence-corrected chi connectivity index (χ2v) is 3.64. The Morgan fingerprint density at radius 2 is 1.93 bits per heavy atom. The molecule has 0 aliphatic heterocycles. The van der Waals surface area contributed by atoms with E-state index in [1.54, 1.807) is 0 Å². The highest BCUT2D eigenvalue weighted by atomic mass is 19.1. The molecule has 0 atom stereocenters. The summed E-state index contributed by atoms with van der Waals surface area (Å²) in [5.41, 5.74) is 0.942. The number of nitrogens with zero attached hydrogens (tertiary/aromatic N) is 1. The van der Waals surface area contributed by atoms with Gasteiger partial charge in [0.05, 0.1) is 12.4 Å². The number of halogens is 1. The number of rotatable bonds is 7. The van der Waals surface area contributed by atoms with E-state index in [1.165, 1.54) is 0 Å². The fourth-order valence-corrected chi connectivity index (χ4v) is 1.46. The standard InChI is InChI=1S/C11H18FNO/c1-10-9-11(14-13-10)7-5-3-2-4-6-8-12/h9H,2-8H2,1H3. The molecule has 0 spiro atoms. The summed E-state index contributed by atoms with van der Waals surface area (Å²) in [5.74, 6) is 0.966. The molecule has 14 heavy (non-hydrogen) atoms. The minimum Gasteiger partial charge on any atom is -0.361 e. The lowest BCUT2D eigenvalue weighted by Gasteiger charge is -1.97. The van der Waals surface area contributed by atoms with Gasteiger partial charge in [0, 0.05) is 12.5 Å². The molecule has 0 radical (unpaired) electrons. The summed E-state index contributed by atoms with van der Waals surface area (Å²) in [5, 5.41) is 3.82. The first-order valence-electron chi connectivity index (χ1n) is 5.31. The van der Waals surface area contributed by atoms with Crippen molar-refractivity contribution < 1.29 is 8.91 Å². The topological polar surface area (TPSA) is 26.0 Å². The van der Waals surface area contributed by atoms with Crippen LogP contribution < -0.4 is 0 Å². The van der Waals surface area contributed by atoms with E-state index < -0.39 is 0 Å². The fraction of sp³-hybridized carbons (Fsp3) is 0.727. The summed E-state index contributed by atoms with van der Waals surface area (Å²) < 4.78 is 16.8. The molecule has 80 valence electrons. The van der Waals surface area contributed by atoms with Crippen molar-refractivity contribution in [1.29, 1.82) is 0 Å². The maximum absolute atomic E-state index is 11.7. The van der Waals surface area contributed by atoms with Crippen molar-refractivity contribution in [3.05, 3.63) is 17.5 Å². The fourth-order valence-electron chi connectivity index (χ4n) is 1.46. The molecule has 0 saturated carbocycles. The summed E-state index contributed by atoms with van der Waals surface area (Å²) in [6.45, 7) is 1.75. The van der Waals surface area contributed by atoms with Gasteiger partial charge in [-0.25, -0.2) is 0 Å². The first-order valence-corrected chi connectivity index (χ1v) is 5.31. The molecule has 0 unspecified atom stereocenters. The number of alkyl halides is 1. The van der Waals surface area contributed by atoms with Crippen molar-refractivity contribution in [2.24, 2.45) is 0 Å². The first kappa shape index (κ1) is 11.2. The van der Waals surface area contributed by atoms with E-state index in [1.807, 2.05) is 13.0 Å². The predicted octanol–water partition coefficient (Wildman–Crippen LogP) is 3.45. The molecule has 1 heterocycles. The van der Waals surface area contributed by atoms with Crippen LogP contribution in [0.1, 0.15) is 43.6 Å². The Hall–Kier alpha value is -0.860. The Morgan fingerprint density at radius 3 is 2.57 bits per heavy atom. The van der Waals surface area contributed by atoms with Crippen LogP contribution >= 0.6 is 0 Å². The first-order chi connectivity index (χ1) is 6.83. The Labute approximate surface area is 84.5 Å². The predicted molar refractivity (Wildman–Crippen MR) is 54.0 cm³/mol. The highest BCUT2D eigenvalue weighted by Gasteiger charge is 1.99. The lowest BCUT2D eigenvalue weighted by atomic mass is 10.1. The monoisotopic (exact) mass is 199 g/mol. The smallest absolute Gasteiger partial charge is 0.136 e. The molecular weight excluding hydrogens is 181 g/mol. The quantitative estimate of drug-likeness (QED) is 0.629. The Balaban J connectivity index is 1.99. The number of unbranched alkanes of at least 4 members (excludes halogenated alkanes) is 4. The minimum absolute atomic E-state index is 0.179. The third-order valence-electron chi connectivity index (χ3n) is 2.23. The molecule has 0 saturated heterocycles. The van der Waals surface area contributed by atoms with Crippen molar-refractivity contribution in [2.45, 2.75) is 45.4 Å². The lowest BCUT2D eigenvalue weighted by Crippen LogP contribution is -1.84. The molecular formula is C11H18FNO. The van der Waals surface area contributed by atoms with Crippen LogP contribution in [0.4, 0.5) is 4.39 Å². The van der Waals surface area contributed by atoms with E-state index in [0.29, 0.717) is 6.42 Å². The average molecular weight is 199 g/mol. The number of hydrogen-bond donors (Lipinski definition) is 0. The molecule has 1 aromatic rings.